The molecule has 0 aliphatic rings. The van der Waals surface area contributed by atoms with Crippen LogP contribution in [0.2, 0.25) is 0 Å². The van der Waals surface area contributed by atoms with Gasteiger partial charge in [0.2, 0.25) is 5.91 Å². The number of nitrogens with zero attached hydrogens (tertiary/aromatic N) is 1. The second-order valence-corrected chi connectivity index (χ2v) is 5.63. The Labute approximate surface area is 122 Å². The van der Waals surface area contributed by atoms with Crippen molar-refractivity contribution in [1.82, 2.24) is 10.5 Å². The Morgan fingerprint density at radius 3 is 2.76 bits per heavy atom. The highest BCUT2D eigenvalue weighted by atomic mass is 16.5. The van der Waals surface area contributed by atoms with Crippen LogP contribution in [0.5, 0.6) is 0 Å². The quantitative estimate of drug-likeness (QED) is 0.850. The van der Waals surface area contributed by atoms with E-state index in [0.29, 0.717) is 17.7 Å². The van der Waals surface area contributed by atoms with E-state index in [1.807, 2.05) is 18.2 Å². The molecule has 1 amide bonds. The van der Waals surface area contributed by atoms with Crippen LogP contribution in [0.4, 0.5) is 0 Å². The van der Waals surface area contributed by atoms with E-state index < -0.39 is 11.5 Å². The summed E-state index contributed by atoms with van der Waals surface area (Å²) < 4.78 is 5.15. The number of fused-ring (bicyclic) bond motifs is 1. The number of carboxylic acids is 1. The number of carbonyl (C=O) groups excluding carboxylic acids is 1. The molecule has 1 heterocycles. The molecule has 2 aromatic rings. The summed E-state index contributed by atoms with van der Waals surface area (Å²) in [4.78, 5) is 22.7. The van der Waals surface area contributed by atoms with Gasteiger partial charge in [-0.1, -0.05) is 17.3 Å². The van der Waals surface area contributed by atoms with Crippen LogP contribution >= 0.6 is 0 Å². The number of nitrogens with one attached hydrogen (secondary N) is 1. The smallest absolute Gasteiger partial charge is 0.303 e. The Morgan fingerprint density at radius 2 is 2.05 bits per heavy atom. The number of amides is 1. The molecule has 0 atom stereocenters. The van der Waals surface area contributed by atoms with Crippen LogP contribution in [0.25, 0.3) is 11.0 Å². The summed E-state index contributed by atoms with van der Waals surface area (Å²) in [5.74, 6) is -1.08. The molecular weight excluding hydrogens is 272 g/mol. The van der Waals surface area contributed by atoms with Crippen molar-refractivity contribution in [3.8, 4) is 0 Å². The van der Waals surface area contributed by atoms with Crippen molar-refractivity contribution in [2.45, 2.75) is 38.6 Å². The molecule has 21 heavy (non-hydrogen) atoms. The van der Waals surface area contributed by atoms with E-state index >= 15 is 0 Å². The molecule has 0 spiro atoms. The minimum Gasteiger partial charge on any atom is -0.481 e. The molecule has 112 valence electrons. The zero-order valence-corrected chi connectivity index (χ0v) is 12.0. The molecule has 1 aromatic carbocycles. The zero-order valence-electron chi connectivity index (χ0n) is 12.0. The van der Waals surface area contributed by atoms with E-state index in [9.17, 15) is 9.59 Å². The van der Waals surface area contributed by atoms with Gasteiger partial charge >= 0.3 is 5.97 Å². The average Bonchev–Trinajstić information content (AvgIpc) is 2.79. The van der Waals surface area contributed by atoms with Gasteiger partial charge < -0.3 is 14.9 Å². The second-order valence-electron chi connectivity index (χ2n) is 5.63. The van der Waals surface area contributed by atoms with Gasteiger partial charge in [-0.05, 0) is 32.4 Å². The topological polar surface area (TPSA) is 92.4 Å². The van der Waals surface area contributed by atoms with Gasteiger partial charge in [0, 0.05) is 17.3 Å². The maximum absolute atomic E-state index is 12.1. The number of aliphatic carboxylic acids is 1. The van der Waals surface area contributed by atoms with Gasteiger partial charge in [0.05, 0.1) is 6.42 Å². The molecule has 0 radical (unpaired) electrons. The lowest BCUT2D eigenvalue weighted by atomic mass is 9.98. The lowest BCUT2D eigenvalue weighted by Gasteiger charge is -2.25. The summed E-state index contributed by atoms with van der Waals surface area (Å²) in [6.07, 6.45) is 0.487. The van der Waals surface area contributed by atoms with Crippen LogP contribution in [-0.4, -0.2) is 27.7 Å². The largest absolute Gasteiger partial charge is 0.481 e. The summed E-state index contributed by atoms with van der Waals surface area (Å²) in [5, 5.41) is 16.3. The monoisotopic (exact) mass is 290 g/mol. The molecule has 2 rings (SSSR count). The minimum absolute atomic E-state index is 0.0141. The third-order valence-electron chi connectivity index (χ3n) is 3.22. The fourth-order valence-electron chi connectivity index (χ4n) is 2.12. The van der Waals surface area contributed by atoms with Crippen molar-refractivity contribution < 1.29 is 19.2 Å². The highest BCUT2D eigenvalue weighted by molar-refractivity contribution is 5.86. The lowest BCUT2D eigenvalue weighted by molar-refractivity contribution is -0.137. The third kappa shape index (κ3) is 4.05. The predicted molar refractivity (Wildman–Crippen MR) is 76.8 cm³/mol. The highest BCUT2D eigenvalue weighted by Crippen LogP contribution is 2.18. The SMILES string of the molecule is CC(C)(CCC(=O)O)NC(=O)Cc1noc2ccccc12. The zero-order chi connectivity index (χ0) is 15.5. The van der Waals surface area contributed by atoms with Crippen LogP contribution in [-0.2, 0) is 16.0 Å². The van der Waals surface area contributed by atoms with E-state index in [1.54, 1.807) is 19.9 Å². The van der Waals surface area contributed by atoms with Crippen molar-refractivity contribution in [3.63, 3.8) is 0 Å². The van der Waals surface area contributed by atoms with Crippen molar-refractivity contribution in [2.24, 2.45) is 0 Å². The summed E-state index contributed by atoms with van der Waals surface area (Å²) in [5.41, 5.74) is 0.650. The van der Waals surface area contributed by atoms with Crippen LogP contribution < -0.4 is 5.32 Å². The van der Waals surface area contributed by atoms with Gasteiger partial charge in [-0.3, -0.25) is 9.59 Å². The number of carbonyl (C=O) groups is 2. The van der Waals surface area contributed by atoms with Crippen molar-refractivity contribution in [3.05, 3.63) is 30.0 Å². The Hall–Kier alpha value is -2.37. The third-order valence-corrected chi connectivity index (χ3v) is 3.22. The molecule has 0 bridgehead atoms. The summed E-state index contributed by atoms with van der Waals surface area (Å²) in [6, 6.07) is 7.34. The standard InChI is InChI=1S/C15H18N2O4/c1-15(2,8-7-14(19)20)16-13(18)9-11-10-5-3-4-6-12(10)21-17-11/h3-6H,7-9H2,1-2H3,(H,16,18)(H,19,20). The lowest BCUT2D eigenvalue weighted by Crippen LogP contribution is -2.44. The van der Waals surface area contributed by atoms with Crippen molar-refractivity contribution >= 4 is 22.8 Å². The molecule has 0 saturated carbocycles. The molecular formula is C15H18N2O4. The van der Waals surface area contributed by atoms with Crippen LogP contribution in [0.15, 0.2) is 28.8 Å². The van der Waals surface area contributed by atoms with Gasteiger partial charge in [-0.25, -0.2) is 0 Å². The molecule has 0 aliphatic heterocycles. The van der Waals surface area contributed by atoms with Crippen molar-refractivity contribution in [1.29, 1.82) is 0 Å². The Morgan fingerprint density at radius 1 is 1.33 bits per heavy atom. The van der Waals surface area contributed by atoms with E-state index in [0.717, 1.165) is 5.39 Å². The summed E-state index contributed by atoms with van der Waals surface area (Å²) in [7, 11) is 0. The fraction of sp³-hybridized carbons (Fsp3) is 0.400. The molecule has 0 aliphatic carbocycles. The Kier molecular flexibility index (Phi) is 4.26. The van der Waals surface area contributed by atoms with E-state index in [-0.39, 0.29) is 18.7 Å². The van der Waals surface area contributed by atoms with E-state index in [2.05, 4.69) is 10.5 Å². The molecule has 2 N–H and O–H groups in total. The Bertz CT molecular complexity index is 660. The predicted octanol–water partition coefficient (Wildman–Crippen LogP) is 2.13. The molecule has 0 unspecified atom stereocenters. The van der Waals surface area contributed by atoms with E-state index in [4.69, 9.17) is 9.63 Å². The van der Waals surface area contributed by atoms with Gasteiger partial charge in [-0.15, -0.1) is 0 Å². The van der Waals surface area contributed by atoms with Crippen LogP contribution in [0.3, 0.4) is 0 Å². The number of benzene rings is 1. The second kappa shape index (κ2) is 5.95. The number of para-hydroxylation sites is 1. The summed E-state index contributed by atoms with van der Waals surface area (Å²) >= 11 is 0. The first-order chi connectivity index (χ1) is 9.87. The van der Waals surface area contributed by atoms with Gasteiger partial charge in [0.25, 0.3) is 0 Å². The van der Waals surface area contributed by atoms with Crippen LogP contribution in [0, 0.1) is 0 Å². The van der Waals surface area contributed by atoms with Crippen LogP contribution in [0.1, 0.15) is 32.4 Å². The molecule has 6 nitrogen and oxygen atoms in total. The number of carboxylic acid groups (broad SMARTS) is 1. The van der Waals surface area contributed by atoms with Gasteiger partial charge in [0.15, 0.2) is 5.58 Å². The maximum atomic E-state index is 12.1. The normalized spacial score (nSPS) is 11.5. The van der Waals surface area contributed by atoms with Gasteiger partial charge in [-0.2, -0.15) is 0 Å². The summed E-state index contributed by atoms with van der Waals surface area (Å²) in [6.45, 7) is 3.60. The minimum atomic E-state index is -0.875. The fourth-order valence-corrected chi connectivity index (χ4v) is 2.12. The number of hydrogen-bond donors (Lipinski definition) is 2. The highest BCUT2D eigenvalue weighted by Gasteiger charge is 2.22. The maximum Gasteiger partial charge on any atom is 0.303 e. The number of hydrogen-bond acceptors (Lipinski definition) is 4. The first-order valence-electron chi connectivity index (χ1n) is 6.73. The molecule has 6 heteroatoms. The first kappa shape index (κ1) is 15.0. The van der Waals surface area contributed by atoms with Crippen molar-refractivity contribution in [2.75, 3.05) is 0 Å². The Balaban J connectivity index is 2.00. The molecule has 0 saturated heterocycles. The first-order valence-corrected chi connectivity index (χ1v) is 6.73. The molecule has 0 fully saturated rings. The number of rotatable bonds is 6. The number of aromatic nitrogens is 1. The van der Waals surface area contributed by atoms with E-state index in [1.165, 1.54) is 0 Å². The molecule has 1 aromatic heterocycles. The average molecular weight is 290 g/mol. The van der Waals surface area contributed by atoms with Gasteiger partial charge in [0.1, 0.15) is 5.69 Å².